The van der Waals surface area contributed by atoms with Gasteiger partial charge in [0, 0.05) is 6.04 Å². The van der Waals surface area contributed by atoms with Crippen LogP contribution in [0.5, 0.6) is 0 Å². The molecule has 2 fully saturated rings. The summed E-state index contributed by atoms with van der Waals surface area (Å²) in [4.78, 5) is 16.3. The minimum absolute atomic E-state index is 0.107. The fourth-order valence-electron chi connectivity index (χ4n) is 2.91. The van der Waals surface area contributed by atoms with Gasteiger partial charge in [0.25, 0.3) is 0 Å². The lowest BCUT2D eigenvalue weighted by molar-refractivity contribution is -0.151. The third kappa shape index (κ3) is 2.49. The van der Waals surface area contributed by atoms with Gasteiger partial charge in [0.05, 0.1) is 12.6 Å². The second-order valence-corrected chi connectivity index (χ2v) is 5.49. The highest BCUT2D eigenvalue weighted by molar-refractivity contribution is 5.81. The Morgan fingerprint density at radius 1 is 1.53 bits per heavy atom. The van der Waals surface area contributed by atoms with Gasteiger partial charge in [-0.2, -0.15) is 5.10 Å². The Bertz CT molecular complexity index is 444. The molecule has 1 aromatic heterocycles. The van der Waals surface area contributed by atoms with Crippen LogP contribution in [0.3, 0.4) is 0 Å². The maximum Gasteiger partial charge on any atom is 0.326 e. The lowest BCUT2D eigenvalue weighted by Gasteiger charge is -2.28. The summed E-state index contributed by atoms with van der Waals surface area (Å²) in [6.45, 7) is 2.29. The van der Waals surface area contributed by atoms with Crippen molar-refractivity contribution in [1.82, 2.24) is 20.1 Å². The van der Waals surface area contributed by atoms with Gasteiger partial charge in [-0.05, 0) is 39.0 Å². The van der Waals surface area contributed by atoms with Crippen LogP contribution in [0.15, 0.2) is 12.7 Å². The van der Waals surface area contributed by atoms with E-state index in [0.29, 0.717) is 12.6 Å². The highest BCUT2D eigenvalue weighted by Crippen LogP contribution is 2.40. The number of esters is 1. The molecule has 0 bridgehead atoms. The van der Waals surface area contributed by atoms with Gasteiger partial charge in [0.1, 0.15) is 18.2 Å². The number of hydrogen-bond acceptors (Lipinski definition) is 5. The van der Waals surface area contributed by atoms with Crippen LogP contribution in [-0.2, 0) is 9.53 Å². The van der Waals surface area contributed by atoms with Crippen LogP contribution in [0.25, 0.3) is 0 Å². The van der Waals surface area contributed by atoms with Crippen molar-refractivity contribution in [2.75, 3.05) is 6.61 Å². The van der Waals surface area contributed by atoms with Crippen LogP contribution in [0.4, 0.5) is 0 Å². The predicted octanol–water partition coefficient (Wildman–Crippen LogP) is 1.06. The number of hydrogen-bond donors (Lipinski definition) is 1. The number of rotatable bonds is 5. The van der Waals surface area contributed by atoms with E-state index < -0.39 is 5.54 Å². The lowest BCUT2D eigenvalue weighted by atomic mass is 9.97. The molecule has 6 nitrogen and oxygen atoms in total. The van der Waals surface area contributed by atoms with Crippen molar-refractivity contribution < 1.29 is 9.53 Å². The molecule has 0 spiro atoms. The summed E-state index contributed by atoms with van der Waals surface area (Å²) in [6.07, 6.45) is 8.08. The summed E-state index contributed by atoms with van der Waals surface area (Å²) >= 11 is 0. The first-order chi connectivity index (χ1) is 9.23. The number of carbonyl (C=O) groups excluding carboxylic acids is 1. The molecular formula is C13H20N4O2. The Morgan fingerprint density at radius 3 is 3.00 bits per heavy atom. The molecule has 6 heteroatoms. The van der Waals surface area contributed by atoms with Crippen LogP contribution in [0.1, 0.15) is 45.1 Å². The summed E-state index contributed by atoms with van der Waals surface area (Å²) in [7, 11) is 0. The van der Waals surface area contributed by atoms with Crippen molar-refractivity contribution >= 4 is 5.97 Å². The molecule has 2 saturated carbocycles. The molecule has 104 valence electrons. The van der Waals surface area contributed by atoms with Crippen molar-refractivity contribution in [2.24, 2.45) is 0 Å². The van der Waals surface area contributed by atoms with E-state index >= 15 is 0 Å². The van der Waals surface area contributed by atoms with Gasteiger partial charge in [-0.15, -0.1) is 0 Å². The maximum absolute atomic E-state index is 12.3. The molecule has 2 aliphatic carbocycles. The summed E-state index contributed by atoms with van der Waals surface area (Å²) in [6, 6.07) is 0.719. The summed E-state index contributed by atoms with van der Waals surface area (Å²) in [5, 5.41) is 7.70. The molecule has 2 aliphatic rings. The molecule has 0 radical (unpaired) electrons. The third-order valence-corrected chi connectivity index (χ3v) is 4.02. The van der Waals surface area contributed by atoms with Crippen molar-refractivity contribution in [2.45, 2.75) is 56.7 Å². The SMILES string of the molecule is CCOC(=O)C1(NC2CC2)CCC(n2cncn2)C1. The molecule has 1 aromatic rings. The Kier molecular flexibility index (Phi) is 3.26. The molecule has 19 heavy (non-hydrogen) atoms. The fraction of sp³-hybridized carbons (Fsp3) is 0.769. The quantitative estimate of drug-likeness (QED) is 0.805. The van der Waals surface area contributed by atoms with E-state index in [4.69, 9.17) is 4.74 Å². The molecule has 2 unspecified atom stereocenters. The first-order valence-electron chi connectivity index (χ1n) is 7.02. The van der Waals surface area contributed by atoms with E-state index in [9.17, 15) is 4.79 Å². The van der Waals surface area contributed by atoms with E-state index in [0.717, 1.165) is 32.1 Å². The smallest absolute Gasteiger partial charge is 0.326 e. The summed E-state index contributed by atoms with van der Waals surface area (Å²) in [5.74, 6) is -0.107. The lowest BCUT2D eigenvalue weighted by Crippen LogP contribution is -2.52. The fourth-order valence-corrected chi connectivity index (χ4v) is 2.91. The minimum Gasteiger partial charge on any atom is -0.465 e. The molecule has 1 N–H and O–H groups in total. The van der Waals surface area contributed by atoms with E-state index in [-0.39, 0.29) is 12.0 Å². The van der Waals surface area contributed by atoms with Crippen molar-refractivity contribution in [3.63, 3.8) is 0 Å². The van der Waals surface area contributed by atoms with E-state index in [1.54, 1.807) is 12.7 Å². The minimum atomic E-state index is -0.520. The second-order valence-electron chi connectivity index (χ2n) is 5.49. The first-order valence-corrected chi connectivity index (χ1v) is 7.02. The Morgan fingerprint density at radius 2 is 2.37 bits per heavy atom. The predicted molar refractivity (Wildman–Crippen MR) is 68.4 cm³/mol. The number of carbonyl (C=O) groups is 1. The van der Waals surface area contributed by atoms with Gasteiger partial charge in [-0.3, -0.25) is 10.1 Å². The highest BCUT2D eigenvalue weighted by Gasteiger charge is 2.49. The summed E-state index contributed by atoms with van der Waals surface area (Å²) < 4.78 is 7.13. The number of ether oxygens (including phenoxy) is 1. The molecule has 1 heterocycles. The normalized spacial score (nSPS) is 30.5. The van der Waals surface area contributed by atoms with Crippen molar-refractivity contribution in [3.8, 4) is 0 Å². The van der Waals surface area contributed by atoms with Crippen molar-refractivity contribution in [1.29, 1.82) is 0 Å². The van der Waals surface area contributed by atoms with E-state index in [1.807, 2.05) is 11.6 Å². The molecular weight excluding hydrogens is 244 g/mol. The zero-order valence-electron chi connectivity index (χ0n) is 11.2. The number of nitrogens with zero attached hydrogens (tertiary/aromatic N) is 3. The molecule has 2 atom stereocenters. The van der Waals surface area contributed by atoms with Crippen LogP contribution in [0.2, 0.25) is 0 Å². The Hall–Kier alpha value is -1.43. The van der Waals surface area contributed by atoms with Gasteiger partial charge in [-0.1, -0.05) is 0 Å². The largest absolute Gasteiger partial charge is 0.465 e. The van der Waals surface area contributed by atoms with Gasteiger partial charge in [0.2, 0.25) is 0 Å². The van der Waals surface area contributed by atoms with Gasteiger partial charge in [-0.25, -0.2) is 9.67 Å². The molecule has 0 aliphatic heterocycles. The topological polar surface area (TPSA) is 69.0 Å². The van der Waals surface area contributed by atoms with Crippen LogP contribution in [-0.4, -0.2) is 38.9 Å². The standard InChI is InChI=1S/C13H20N4O2/c1-2-19-12(18)13(16-10-3-4-10)6-5-11(7-13)17-9-14-8-15-17/h8-11,16H,2-7H2,1H3. The van der Waals surface area contributed by atoms with E-state index in [2.05, 4.69) is 15.4 Å². The van der Waals surface area contributed by atoms with Crippen molar-refractivity contribution in [3.05, 3.63) is 12.7 Å². The van der Waals surface area contributed by atoms with Gasteiger partial charge >= 0.3 is 5.97 Å². The zero-order valence-corrected chi connectivity index (χ0v) is 11.2. The average molecular weight is 264 g/mol. The Balaban J connectivity index is 1.75. The summed E-state index contributed by atoms with van der Waals surface area (Å²) in [5.41, 5.74) is -0.520. The van der Waals surface area contributed by atoms with Gasteiger partial charge < -0.3 is 4.74 Å². The molecule has 0 aromatic carbocycles. The van der Waals surface area contributed by atoms with E-state index in [1.165, 1.54) is 0 Å². The van der Waals surface area contributed by atoms with Crippen LogP contribution >= 0.6 is 0 Å². The average Bonchev–Trinajstić information content (AvgIpc) is 2.92. The van der Waals surface area contributed by atoms with Crippen LogP contribution in [0, 0.1) is 0 Å². The number of nitrogens with one attached hydrogen (secondary N) is 1. The number of aromatic nitrogens is 3. The monoisotopic (exact) mass is 264 g/mol. The van der Waals surface area contributed by atoms with Gasteiger partial charge in [0.15, 0.2) is 0 Å². The maximum atomic E-state index is 12.3. The zero-order chi connectivity index (χ0) is 13.3. The third-order valence-electron chi connectivity index (χ3n) is 4.02. The van der Waals surface area contributed by atoms with Crippen LogP contribution < -0.4 is 5.32 Å². The Labute approximate surface area is 112 Å². The molecule has 0 saturated heterocycles. The molecule has 0 amide bonds. The first kappa shape index (κ1) is 12.6. The molecule has 3 rings (SSSR count). The highest BCUT2D eigenvalue weighted by atomic mass is 16.5. The second kappa shape index (κ2) is 4.92.